The van der Waals surface area contributed by atoms with E-state index in [-0.39, 0.29) is 0 Å². The molecule has 0 N–H and O–H groups in total. The fourth-order valence-electron chi connectivity index (χ4n) is 3.55. The molecule has 30 heavy (non-hydrogen) atoms. The highest BCUT2D eigenvalue weighted by atomic mass is 35.5. The minimum absolute atomic E-state index is 0.461. The summed E-state index contributed by atoms with van der Waals surface area (Å²) < 4.78 is 0. The van der Waals surface area contributed by atoms with E-state index in [1.807, 2.05) is 54.6 Å². The molecule has 0 saturated carbocycles. The van der Waals surface area contributed by atoms with E-state index >= 15 is 0 Å². The summed E-state index contributed by atoms with van der Waals surface area (Å²) in [6, 6.07) is 28.0. The van der Waals surface area contributed by atoms with Crippen molar-refractivity contribution in [2.45, 2.75) is 19.5 Å². The quantitative estimate of drug-likeness (QED) is 0.483. The van der Waals surface area contributed by atoms with E-state index in [4.69, 9.17) is 28.5 Å². The molecule has 4 rings (SSSR count). The van der Waals surface area contributed by atoms with Gasteiger partial charge < -0.3 is 4.90 Å². The summed E-state index contributed by atoms with van der Waals surface area (Å²) in [6.45, 7) is 6.28. The molecule has 1 heterocycles. The van der Waals surface area contributed by atoms with Gasteiger partial charge in [-0.05, 0) is 61.0 Å². The molecule has 0 aliphatic carbocycles. The number of rotatable bonds is 3. The molecule has 1 aliphatic heterocycles. The maximum absolute atomic E-state index is 8.86. The molecule has 0 bridgehead atoms. The van der Waals surface area contributed by atoms with E-state index in [9.17, 15) is 0 Å². The van der Waals surface area contributed by atoms with Crippen molar-refractivity contribution in [3.05, 3.63) is 100 Å². The van der Waals surface area contributed by atoms with Gasteiger partial charge in [0, 0.05) is 48.0 Å². The van der Waals surface area contributed by atoms with Crippen molar-refractivity contribution in [3.63, 3.8) is 0 Å². The van der Waals surface area contributed by atoms with Crippen LogP contribution in [-0.2, 0) is 6.54 Å². The molecule has 0 radical (unpaired) electrons. The van der Waals surface area contributed by atoms with Gasteiger partial charge in [-0.1, -0.05) is 53.5 Å². The lowest BCUT2D eigenvalue weighted by Crippen LogP contribution is -2.51. The topological polar surface area (TPSA) is 30.3 Å². The Labute approximate surface area is 189 Å². The Kier molecular flexibility index (Phi) is 8.16. The van der Waals surface area contributed by atoms with Gasteiger partial charge in [0.15, 0.2) is 0 Å². The van der Waals surface area contributed by atoms with Crippen LogP contribution in [0.3, 0.4) is 0 Å². The molecular weight excluding hydrogens is 413 g/mol. The molecule has 3 aromatic carbocycles. The highest BCUT2D eigenvalue weighted by Crippen LogP contribution is 2.23. The first-order chi connectivity index (χ1) is 14.5. The van der Waals surface area contributed by atoms with Crippen molar-refractivity contribution >= 4 is 28.9 Å². The fraction of sp³-hybridized carbons (Fsp3) is 0.240. The summed E-state index contributed by atoms with van der Waals surface area (Å²) in [6.07, 6.45) is 0. The molecular formula is C25H25Cl2N3. The van der Waals surface area contributed by atoms with Gasteiger partial charge >= 0.3 is 0 Å². The number of nitriles is 1. The Bertz CT molecular complexity index is 950. The minimum atomic E-state index is 0.461. The van der Waals surface area contributed by atoms with Gasteiger partial charge in [-0.25, -0.2) is 0 Å². The summed E-state index contributed by atoms with van der Waals surface area (Å²) in [5.41, 5.74) is 3.21. The monoisotopic (exact) mass is 437 g/mol. The Balaban J connectivity index is 0.000000310. The molecule has 1 unspecified atom stereocenters. The average molecular weight is 438 g/mol. The first-order valence-electron chi connectivity index (χ1n) is 9.99. The van der Waals surface area contributed by atoms with Crippen molar-refractivity contribution in [2.75, 3.05) is 24.5 Å². The molecule has 1 fully saturated rings. The van der Waals surface area contributed by atoms with Gasteiger partial charge in [-0.3, -0.25) is 4.90 Å². The normalized spacial score (nSPS) is 16.3. The van der Waals surface area contributed by atoms with Crippen LogP contribution in [0.4, 0.5) is 5.69 Å². The van der Waals surface area contributed by atoms with Crippen molar-refractivity contribution in [2.24, 2.45) is 0 Å². The van der Waals surface area contributed by atoms with E-state index in [1.165, 1.54) is 11.3 Å². The van der Waals surface area contributed by atoms with Crippen LogP contribution >= 0.6 is 23.2 Å². The predicted octanol–water partition coefficient (Wildman–Crippen LogP) is 6.26. The molecule has 0 spiro atoms. The lowest BCUT2D eigenvalue weighted by atomic mass is 10.1. The lowest BCUT2D eigenvalue weighted by Gasteiger charge is -2.41. The van der Waals surface area contributed by atoms with Crippen LogP contribution in [0.1, 0.15) is 18.1 Å². The Morgan fingerprint density at radius 1 is 0.867 bits per heavy atom. The van der Waals surface area contributed by atoms with Crippen LogP contribution in [-0.4, -0.2) is 30.6 Å². The number of hydrogen-bond acceptors (Lipinski definition) is 3. The molecule has 154 valence electrons. The van der Waals surface area contributed by atoms with E-state index in [0.717, 1.165) is 41.8 Å². The lowest BCUT2D eigenvalue weighted by molar-refractivity contribution is 0.221. The third-order valence-electron chi connectivity index (χ3n) is 5.09. The zero-order valence-electron chi connectivity index (χ0n) is 17.0. The summed E-state index contributed by atoms with van der Waals surface area (Å²) >= 11 is 11.5. The third-order valence-corrected chi connectivity index (χ3v) is 5.60. The number of piperazine rings is 1. The van der Waals surface area contributed by atoms with E-state index in [0.29, 0.717) is 6.04 Å². The average Bonchev–Trinajstić information content (AvgIpc) is 2.76. The van der Waals surface area contributed by atoms with Crippen LogP contribution in [0.5, 0.6) is 0 Å². The van der Waals surface area contributed by atoms with Crippen LogP contribution in [0, 0.1) is 11.3 Å². The van der Waals surface area contributed by atoms with Gasteiger partial charge in [-0.2, -0.15) is 5.26 Å². The van der Waals surface area contributed by atoms with Crippen LogP contribution < -0.4 is 4.90 Å². The summed E-state index contributed by atoms with van der Waals surface area (Å²) in [7, 11) is 0. The van der Waals surface area contributed by atoms with Crippen molar-refractivity contribution in [1.29, 1.82) is 5.26 Å². The fourth-order valence-corrected chi connectivity index (χ4v) is 3.82. The molecule has 3 nitrogen and oxygen atoms in total. The van der Waals surface area contributed by atoms with Gasteiger partial charge in [0.2, 0.25) is 0 Å². The molecule has 0 amide bonds. The van der Waals surface area contributed by atoms with E-state index in [2.05, 4.69) is 47.1 Å². The van der Waals surface area contributed by atoms with E-state index in [1.54, 1.807) is 0 Å². The second kappa shape index (κ2) is 11.0. The molecule has 1 atom stereocenters. The van der Waals surface area contributed by atoms with Gasteiger partial charge in [0.1, 0.15) is 0 Å². The highest BCUT2D eigenvalue weighted by molar-refractivity contribution is 6.30. The van der Waals surface area contributed by atoms with Gasteiger partial charge in [-0.15, -0.1) is 0 Å². The largest absolute Gasteiger partial charge is 0.366 e. The Morgan fingerprint density at radius 2 is 1.50 bits per heavy atom. The minimum Gasteiger partial charge on any atom is -0.366 e. The zero-order valence-corrected chi connectivity index (χ0v) is 18.5. The predicted molar refractivity (Wildman–Crippen MR) is 126 cm³/mol. The summed E-state index contributed by atoms with van der Waals surface area (Å²) in [4.78, 5) is 4.91. The molecule has 0 aromatic heterocycles. The van der Waals surface area contributed by atoms with Crippen molar-refractivity contribution in [3.8, 4) is 6.07 Å². The van der Waals surface area contributed by atoms with Crippen LogP contribution in [0.15, 0.2) is 78.9 Å². The standard InChI is InChI=1S/C19H20ClN3.C6H5Cl/c1-15-13-22(14-17-4-2-16(12-21)3-5-17)10-11-23(15)19-8-6-18(20)7-9-19;7-6-4-2-1-3-5-6/h2-9,15H,10-11,13-14H2,1H3;1-5H. The molecule has 1 saturated heterocycles. The van der Waals surface area contributed by atoms with Gasteiger partial charge in [0.25, 0.3) is 0 Å². The number of halogens is 2. The van der Waals surface area contributed by atoms with Crippen LogP contribution in [0.2, 0.25) is 10.0 Å². The molecule has 1 aliphatic rings. The third kappa shape index (κ3) is 6.50. The second-order valence-electron chi connectivity index (χ2n) is 7.36. The summed E-state index contributed by atoms with van der Waals surface area (Å²) in [5, 5.41) is 10.4. The number of nitrogens with zero attached hydrogens (tertiary/aromatic N) is 3. The Morgan fingerprint density at radius 3 is 2.03 bits per heavy atom. The van der Waals surface area contributed by atoms with E-state index < -0.39 is 0 Å². The summed E-state index contributed by atoms with van der Waals surface area (Å²) in [5.74, 6) is 0. The van der Waals surface area contributed by atoms with Crippen LogP contribution in [0.25, 0.3) is 0 Å². The second-order valence-corrected chi connectivity index (χ2v) is 8.23. The first-order valence-corrected chi connectivity index (χ1v) is 10.7. The maximum Gasteiger partial charge on any atom is 0.0991 e. The first kappa shape index (κ1) is 22.2. The van der Waals surface area contributed by atoms with Crippen molar-refractivity contribution < 1.29 is 0 Å². The highest BCUT2D eigenvalue weighted by Gasteiger charge is 2.23. The zero-order chi connectivity index (χ0) is 21.3. The smallest absolute Gasteiger partial charge is 0.0991 e. The number of anilines is 1. The maximum atomic E-state index is 8.86. The number of hydrogen-bond donors (Lipinski definition) is 0. The SMILES string of the molecule is CC1CN(Cc2ccc(C#N)cc2)CCN1c1ccc(Cl)cc1.Clc1ccccc1. The van der Waals surface area contributed by atoms with Crippen molar-refractivity contribution in [1.82, 2.24) is 4.90 Å². The van der Waals surface area contributed by atoms with Gasteiger partial charge in [0.05, 0.1) is 11.6 Å². The Hall–Kier alpha value is -2.51. The number of benzene rings is 3. The molecule has 5 heteroatoms. The molecule has 3 aromatic rings.